The quantitative estimate of drug-likeness (QED) is 0.277. The van der Waals surface area contributed by atoms with Gasteiger partial charge in [0.15, 0.2) is 0 Å². The maximum atomic E-state index is 4.13. The predicted octanol–water partition coefficient (Wildman–Crippen LogP) is 9.95. The minimum atomic E-state index is 0.606. The lowest BCUT2D eigenvalue weighted by molar-refractivity contribution is -0.0273. The molecular weight excluding hydrogens is 360 g/mol. The van der Waals surface area contributed by atoms with Gasteiger partial charge in [0, 0.05) is 0 Å². The SMILES string of the molecule is C=C1CCC2CC1C2(C)C.C=CC(=C)CCC=C(C)C.C=CC(=C)CCC=C(C)C. The normalized spacial score (nSPS) is 20.0. The van der Waals surface area contributed by atoms with Crippen LogP contribution in [0.4, 0.5) is 0 Å². The highest BCUT2D eigenvalue weighted by molar-refractivity contribution is 5.18. The second kappa shape index (κ2) is 14.2. The van der Waals surface area contributed by atoms with Crippen LogP contribution < -0.4 is 0 Å². The van der Waals surface area contributed by atoms with Crippen molar-refractivity contribution in [3.05, 3.63) is 85.1 Å². The van der Waals surface area contributed by atoms with Gasteiger partial charge in [-0.3, -0.25) is 0 Å². The second-order valence-corrected chi connectivity index (χ2v) is 9.87. The van der Waals surface area contributed by atoms with Crippen LogP contribution in [-0.2, 0) is 0 Å². The first kappa shape index (κ1) is 28.2. The smallest absolute Gasteiger partial charge is 0.0149 e. The van der Waals surface area contributed by atoms with Crippen molar-refractivity contribution in [3.63, 3.8) is 0 Å². The predicted molar refractivity (Wildman–Crippen MR) is 140 cm³/mol. The molecule has 2 unspecified atom stereocenters. The third kappa shape index (κ3) is 10.8. The fourth-order valence-corrected chi connectivity index (χ4v) is 4.03. The summed E-state index contributed by atoms with van der Waals surface area (Å²) in [5, 5.41) is 0. The molecule has 0 heterocycles. The van der Waals surface area contributed by atoms with Gasteiger partial charge in [0.25, 0.3) is 0 Å². The van der Waals surface area contributed by atoms with Crippen LogP contribution in [0.5, 0.6) is 0 Å². The zero-order valence-electron chi connectivity index (χ0n) is 20.9. The molecule has 3 aliphatic rings. The molecule has 0 radical (unpaired) electrons. The van der Waals surface area contributed by atoms with Crippen LogP contribution in [0, 0.1) is 17.3 Å². The Kier molecular flexibility index (Phi) is 13.4. The molecule has 0 aromatic heterocycles. The second-order valence-electron chi connectivity index (χ2n) is 9.87. The Bertz CT molecular complexity index is 614. The van der Waals surface area contributed by atoms with Gasteiger partial charge in [0.05, 0.1) is 0 Å². The molecule has 2 bridgehead atoms. The Morgan fingerprint density at radius 2 is 1.33 bits per heavy atom. The molecule has 3 rings (SSSR count). The Balaban J connectivity index is 0.000000420. The summed E-state index contributed by atoms with van der Waals surface area (Å²) in [7, 11) is 0. The van der Waals surface area contributed by atoms with Crippen molar-refractivity contribution in [1.29, 1.82) is 0 Å². The summed E-state index contributed by atoms with van der Waals surface area (Å²) in [6, 6.07) is 0. The third-order valence-corrected chi connectivity index (χ3v) is 6.39. The van der Waals surface area contributed by atoms with E-state index in [0.717, 1.165) is 48.7 Å². The van der Waals surface area contributed by atoms with Gasteiger partial charge < -0.3 is 0 Å². The average molecular weight is 409 g/mol. The van der Waals surface area contributed by atoms with E-state index in [1.807, 2.05) is 12.2 Å². The zero-order valence-corrected chi connectivity index (χ0v) is 20.9. The molecule has 0 aromatic carbocycles. The lowest BCUT2D eigenvalue weighted by Crippen LogP contribution is -2.48. The van der Waals surface area contributed by atoms with E-state index in [1.54, 1.807) is 0 Å². The largest absolute Gasteiger partial charge is 0.0996 e. The van der Waals surface area contributed by atoms with Gasteiger partial charge >= 0.3 is 0 Å². The fourth-order valence-electron chi connectivity index (χ4n) is 4.03. The Hall–Kier alpha value is -1.82. The van der Waals surface area contributed by atoms with E-state index in [9.17, 15) is 0 Å². The van der Waals surface area contributed by atoms with Crippen LogP contribution in [-0.4, -0.2) is 0 Å². The van der Waals surface area contributed by atoms with Gasteiger partial charge in [-0.15, -0.1) is 0 Å². The Morgan fingerprint density at radius 1 is 0.900 bits per heavy atom. The number of hydrogen-bond donors (Lipinski definition) is 0. The molecular formula is C30H48. The van der Waals surface area contributed by atoms with E-state index in [4.69, 9.17) is 0 Å². The minimum absolute atomic E-state index is 0.606. The monoisotopic (exact) mass is 408 g/mol. The van der Waals surface area contributed by atoms with Crippen molar-refractivity contribution in [2.45, 2.75) is 86.5 Å². The first-order chi connectivity index (χ1) is 13.9. The van der Waals surface area contributed by atoms with Crippen molar-refractivity contribution in [1.82, 2.24) is 0 Å². The van der Waals surface area contributed by atoms with Gasteiger partial charge in [-0.25, -0.2) is 0 Å². The average Bonchev–Trinajstić information content (AvgIpc) is 2.67. The number of rotatable bonds is 8. The van der Waals surface area contributed by atoms with Crippen LogP contribution in [0.3, 0.4) is 0 Å². The van der Waals surface area contributed by atoms with E-state index in [-0.39, 0.29) is 0 Å². The number of allylic oxidation sites excluding steroid dienone is 9. The topological polar surface area (TPSA) is 0 Å². The van der Waals surface area contributed by atoms with Crippen LogP contribution in [0.15, 0.2) is 85.1 Å². The van der Waals surface area contributed by atoms with Gasteiger partial charge in [-0.05, 0) is 89.9 Å². The first-order valence-electron chi connectivity index (χ1n) is 11.5. The summed E-state index contributed by atoms with van der Waals surface area (Å²) in [5.41, 5.74) is 7.12. The summed E-state index contributed by atoms with van der Waals surface area (Å²) >= 11 is 0. The maximum Gasteiger partial charge on any atom is -0.0149 e. The number of fused-ring (bicyclic) bond motifs is 2. The van der Waals surface area contributed by atoms with Crippen molar-refractivity contribution >= 4 is 0 Å². The molecule has 168 valence electrons. The van der Waals surface area contributed by atoms with Crippen LogP contribution in [0.2, 0.25) is 0 Å². The van der Waals surface area contributed by atoms with Crippen molar-refractivity contribution in [2.75, 3.05) is 0 Å². The van der Waals surface area contributed by atoms with Crippen LogP contribution >= 0.6 is 0 Å². The zero-order chi connectivity index (χ0) is 23.3. The Morgan fingerprint density at radius 3 is 1.57 bits per heavy atom. The maximum absolute atomic E-state index is 4.13. The highest BCUT2D eigenvalue weighted by Crippen LogP contribution is 2.60. The van der Waals surface area contributed by atoms with Gasteiger partial charge in [0.2, 0.25) is 0 Å². The standard InChI is InChI=1S/3C10H16/c1-7-4-5-8-6-9(7)10(8,2)3;2*1-5-10(4)8-6-7-9(2)3/h8-9H,1,4-6H2,2-3H3;2*5,7H,1,4,6,8H2,2-3H3. The molecule has 0 saturated heterocycles. The third-order valence-electron chi connectivity index (χ3n) is 6.39. The van der Waals surface area contributed by atoms with Crippen LogP contribution in [0.25, 0.3) is 0 Å². The molecule has 0 heteroatoms. The highest BCUT2D eigenvalue weighted by Gasteiger charge is 2.51. The summed E-state index contributed by atoms with van der Waals surface area (Å²) in [6.45, 7) is 32.3. The molecule has 30 heavy (non-hydrogen) atoms. The van der Waals surface area contributed by atoms with Crippen molar-refractivity contribution < 1.29 is 0 Å². The summed E-state index contributed by atoms with van der Waals surface area (Å²) in [5.74, 6) is 1.88. The summed E-state index contributed by atoms with van der Waals surface area (Å²) in [4.78, 5) is 0. The molecule has 0 nitrogen and oxygen atoms in total. The fraction of sp³-hybridized carbons (Fsp3) is 0.533. The first-order valence-corrected chi connectivity index (χ1v) is 11.5. The highest BCUT2D eigenvalue weighted by atomic mass is 14.6. The van der Waals surface area contributed by atoms with E-state index >= 15 is 0 Å². The molecule has 0 spiro atoms. The molecule has 3 fully saturated rings. The van der Waals surface area contributed by atoms with E-state index < -0.39 is 0 Å². The minimum Gasteiger partial charge on any atom is -0.0996 e. The van der Waals surface area contributed by atoms with E-state index in [2.05, 4.69) is 86.6 Å². The van der Waals surface area contributed by atoms with Gasteiger partial charge in [-0.2, -0.15) is 0 Å². The molecule has 0 aromatic rings. The Labute approximate surface area is 188 Å². The molecule has 0 aliphatic heterocycles. The van der Waals surface area contributed by atoms with Crippen molar-refractivity contribution in [3.8, 4) is 0 Å². The molecule has 0 amide bonds. The lowest BCUT2D eigenvalue weighted by Gasteiger charge is -2.57. The van der Waals surface area contributed by atoms with Crippen molar-refractivity contribution in [2.24, 2.45) is 17.3 Å². The summed E-state index contributed by atoms with van der Waals surface area (Å²) < 4.78 is 0. The molecule has 3 saturated carbocycles. The van der Waals surface area contributed by atoms with Gasteiger partial charge in [-0.1, -0.05) is 98.9 Å². The lowest BCUT2D eigenvalue weighted by atomic mass is 9.47. The molecule has 2 atom stereocenters. The molecule has 3 aliphatic carbocycles. The number of hydrogen-bond acceptors (Lipinski definition) is 0. The summed E-state index contributed by atoms with van der Waals surface area (Å²) in [6.07, 6.45) is 16.5. The molecule has 0 N–H and O–H groups in total. The van der Waals surface area contributed by atoms with E-state index in [0.29, 0.717) is 5.41 Å². The van der Waals surface area contributed by atoms with Gasteiger partial charge in [0.1, 0.15) is 0 Å². The van der Waals surface area contributed by atoms with E-state index in [1.165, 1.54) is 36.0 Å². The van der Waals surface area contributed by atoms with Crippen LogP contribution in [0.1, 0.15) is 86.5 Å².